The number of benzene rings is 1. The Balaban J connectivity index is 1.36. The number of hydrogen-bond acceptors (Lipinski definition) is 4. The molecule has 2 aromatic rings. The van der Waals surface area contributed by atoms with Crippen molar-refractivity contribution >= 4 is 11.8 Å². The summed E-state index contributed by atoms with van der Waals surface area (Å²) in [5.74, 6) is -2.05. The number of likely N-dealkylation sites (N-methyl/N-ethyl adjacent to an activating group) is 1. The van der Waals surface area contributed by atoms with Crippen molar-refractivity contribution < 1.29 is 18.4 Å². The molecule has 9 heteroatoms. The molecule has 30 heavy (non-hydrogen) atoms. The molecular weight excluding hydrogens is 392 g/mol. The van der Waals surface area contributed by atoms with Crippen molar-refractivity contribution in [2.75, 3.05) is 33.2 Å². The van der Waals surface area contributed by atoms with Crippen LogP contribution in [0.15, 0.2) is 18.2 Å². The Morgan fingerprint density at radius 3 is 2.57 bits per heavy atom. The largest absolute Gasteiger partial charge is 0.322 e. The first-order valence-corrected chi connectivity index (χ1v) is 10.2. The van der Waals surface area contributed by atoms with E-state index in [0.29, 0.717) is 31.4 Å². The lowest BCUT2D eigenvalue weighted by atomic mass is 10.0. The van der Waals surface area contributed by atoms with Crippen LogP contribution in [0.4, 0.5) is 13.6 Å². The predicted molar refractivity (Wildman–Crippen MR) is 104 cm³/mol. The van der Waals surface area contributed by atoms with Crippen LogP contribution in [0.5, 0.6) is 0 Å². The topological polar surface area (TPSA) is 72.5 Å². The molecule has 1 aliphatic carbocycles. The molecule has 0 unspecified atom stereocenters. The van der Waals surface area contributed by atoms with Crippen molar-refractivity contribution in [1.82, 2.24) is 24.9 Å². The van der Waals surface area contributed by atoms with Gasteiger partial charge in [0, 0.05) is 43.5 Å². The first-order valence-electron chi connectivity index (χ1n) is 10.2. The summed E-state index contributed by atoms with van der Waals surface area (Å²) in [4.78, 5) is 31.8. The Morgan fingerprint density at radius 2 is 1.90 bits per heavy atom. The van der Waals surface area contributed by atoms with Gasteiger partial charge in [-0.1, -0.05) is 0 Å². The van der Waals surface area contributed by atoms with E-state index in [1.807, 2.05) is 16.8 Å². The highest BCUT2D eigenvalue weighted by Crippen LogP contribution is 2.56. The average molecular weight is 415 g/mol. The summed E-state index contributed by atoms with van der Waals surface area (Å²) in [6.07, 6.45) is 1.63. The molecule has 0 radical (unpaired) electrons. The maximum atomic E-state index is 14.0. The van der Waals surface area contributed by atoms with Crippen LogP contribution in [-0.2, 0) is 18.5 Å². The van der Waals surface area contributed by atoms with Crippen molar-refractivity contribution in [2.24, 2.45) is 0 Å². The van der Waals surface area contributed by atoms with E-state index in [9.17, 15) is 18.4 Å². The molecule has 1 saturated heterocycles. The predicted octanol–water partition coefficient (Wildman–Crippen LogP) is 2.29. The number of H-pyrrole nitrogens is 1. The summed E-state index contributed by atoms with van der Waals surface area (Å²) in [7, 11) is 2.04. The molecule has 2 fully saturated rings. The molecule has 3 aliphatic rings. The Morgan fingerprint density at radius 1 is 1.17 bits per heavy atom. The Labute approximate surface area is 172 Å². The van der Waals surface area contributed by atoms with Crippen molar-refractivity contribution in [3.05, 3.63) is 52.3 Å². The first-order chi connectivity index (χ1) is 14.4. The Hall–Kier alpha value is -2.81. The molecule has 1 spiro atoms. The average Bonchev–Trinajstić information content (AvgIpc) is 3.31. The number of amides is 2. The van der Waals surface area contributed by atoms with Gasteiger partial charge in [-0.05, 0) is 32.0 Å². The van der Waals surface area contributed by atoms with E-state index in [4.69, 9.17) is 0 Å². The Bertz CT molecular complexity index is 1020. The molecule has 2 amide bonds. The number of urea groups is 1. The van der Waals surface area contributed by atoms with Crippen LogP contribution < -0.4 is 0 Å². The second kappa shape index (κ2) is 6.87. The summed E-state index contributed by atoms with van der Waals surface area (Å²) >= 11 is 0. The number of rotatable bonds is 3. The van der Waals surface area contributed by atoms with E-state index in [2.05, 4.69) is 15.1 Å². The van der Waals surface area contributed by atoms with E-state index >= 15 is 0 Å². The molecule has 3 heterocycles. The fraction of sp³-hybridized carbons (Fsp3) is 0.476. The smallest absolute Gasteiger partial charge is 0.321 e. The van der Waals surface area contributed by atoms with E-state index in [1.165, 1.54) is 0 Å². The number of ketones is 1. The molecule has 1 aromatic carbocycles. The van der Waals surface area contributed by atoms with Gasteiger partial charge in [0.05, 0.1) is 29.8 Å². The van der Waals surface area contributed by atoms with E-state index in [-0.39, 0.29) is 23.6 Å². The zero-order valence-electron chi connectivity index (χ0n) is 16.8. The molecule has 1 saturated carbocycles. The van der Waals surface area contributed by atoms with Crippen LogP contribution in [0, 0.1) is 11.6 Å². The normalized spacial score (nSPS) is 20.0. The maximum Gasteiger partial charge on any atom is 0.321 e. The zero-order valence-corrected chi connectivity index (χ0v) is 16.8. The number of Topliss-reactive ketones (excluding diaryl/α,β-unsaturated/α-hetero) is 1. The number of nitrogens with one attached hydrogen (secondary N) is 1. The third-order valence-electron chi connectivity index (χ3n) is 6.52. The number of fused-ring (bicyclic) bond motifs is 2. The lowest BCUT2D eigenvalue weighted by molar-refractivity contribution is 0.0987. The molecule has 0 atom stereocenters. The van der Waals surface area contributed by atoms with Crippen LogP contribution in [-0.4, -0.2) is 69.9 Å². The maximum absolute atomic E-state index is 14.0. The van der Waals surface area contributed by atoms with Crippen molar-refractivity contribution in [3.8, 4) is 0 Å². The minimum Gasteiger partial charge on any atom is -0.322 e. The van der Waals surface area contributed by atoms with Crippen molar-refractivity contribution in [3.63, 3.8) is 0 Å². The van der Waals surface area contributed by atoms with Crippen LogP contribution in [0.25, 0.3) is 0 Å². The van der Waals surface area contributed by atoms with Crippen LogP contribution in [0.2, 0.25) is 0 Å². The number of halogens is 2. The quantitative estimate of drug-likeness (QED) is 0.781. The van der Waals surface area contributed by atoms with E-state index in [0.717, 1.165) is 49.3 Å². The number of nitrogens with zero attached hydrogens (tertiary/aromatic N) is 4. The monoisotopic (exact) mass is 415 g/mol. The molecule has 7 nitrogen and oxygen atoms in total. The number of aromatic nitrogens is 2. The third kappa shape index (κ3) is 2.99. The fourth-order valence-corrected chi connectivity index (χ4v) is 4.56. The first kappa shape index (κ1) is 19.2. The van der Waals surface area contributed by atoms with Gasteiger partial charge in [-0.15, -0.1) is 0 Å². The van der Waals surface area contributed by atoms with Crippen LogP contribution in [0.3, 0.4) is 0 Å². The standard InChI is InChI=1S/C21H23F2N5O2/c1-26-6-8-27(9-7-26)20(30)28-12-15-17(24-25-19(15)21(28)4-5-21)11-18(29)14-3-2-13(22)10-16(14)23/h2-3,10H,4-9,11-12H2,1H3,(H,24,25). The molecular formula is C21H23F2N5O2. The van der Waals surface area contributed by atoms with Gasteiger partial charge in [0.15, 0.2) is 5.78 Å². The van der Waals surface area contributed by atoms with Crippen LogP contribution in [0.1, 0.15) is 40.2 Å². The third-order valence-corrected chi connectivity index (χ3v) is 6.52. The van der Waals surface area contributed by atoms with Gasteiger partial charge >= 0.3 is 6.03 Å². The molecule has 1 N–H and O–H groups in total. The van der Waals surface area contributed by atoms with Crippen molar-refractivity contribution in [1.29, 1.82) is 0 Å². The van der Waals surface area contributed by atoms with Gasteiger partial charge in [-0.25, -0.2) is 13.6 Å². The number of carbonyl (C=O) groups excluding carboxylic acids is 2. The summed E-state index contributed by atoms with van der Waals surface area (Å²) in [5.41, 5.74) is 1.75. The van der Waals surface area contributed by atoms with Crippen LogP contribution >= 0.6 is 0 Å². The summed E-state index contributed by atoms with van der Waals surface area (Å²) in [5, 5.41) is 7.36. The summed E-state index contributed by atoms with van der Waals surface area (Å²) < 4.78 is 27.1. The molecule has 5 rings (SSSR count). The SMILES string of the molecule is CN1CCN(C(=O)N2Cc3c(n[nH]c3CC(=O)c3ccc(F)cc3F)C23CC3)CC1. The number of aromatic amines is 1. The second-order valence-electron chi connectivity index (χ2n) is 8.44. The zero-order chi connectivity index (χ0) is 21.0. The molecule has 2 aliphatic heterocycles. The van der Waals surface area contributed by atoms with E-state index in [1.54, 1.807) is 0 Å². The second-order valence-corrected chi connectivity index (χ2v) is 8.44. The fourth-order valence-electron chi connectivity index (χ4n) is 4.56. The molecule has 1 aromatic heterocycles. The lowest BCUT2D eigenvalue weighted by Gasteiger charge is -2.37. The van der Waals surface area contributed by atoms with Gasteiger partial charge in [-0.3, -0.25) is 9.89 Å². The highest BCUT2D eigenvalue weighted by Gasteiger charge is 2.59. The number of carbonyl (C=O) groups is 2. The molecule has 158 valence electrons. The molecule has 0 bridgehead atoms. The summed E-state index contributed by atoms with van der Waals surface area (Å²) in [6.45, 7) is 3.48. The van der Waals surface area contributed by atoms with Gasteiger partial charge in [0.1, 0.15) is 11.6 Å². The van der Waals surface area contributed by atoms with Gasteiger partial charge in [0.2, 0.25) is 0 Å². The summed E-state index contributed by atoms with van der Waals surface area (Å²) in [6, 6.07) is 2.96. The van der Waals surface area contributed by atoms with Crippen molar-refractivity contribution in [2.45, 2.75) is 31.3 Å². The Kier molecular flexibility index (Phi) is 4.39. The number of piperazine rings is 1. The minimum atomic E-state index is -0.873. The van der Waals surface area contributed by atoms with E-state index < -0.39 is 17.4 Å². The minimum absolute atomic E-state index is 0.0143. The highest BCUT2D eigenvalue weighted by molar-refractivity contribution is 5.97. The number of hydrogen-bond donors (Lipinski definition) is 1. The van der Waals surface area contributed by atoms with Gasteiger partial charge < -0.3 is 14.7 Å². The van der Waals surface area contributed by atoms with Gasteiger partial charge in [-0.2, -0.15) is 5.10 Å². The highest BCUT2D eigenvalue weighted by atomic mass is 19.1. The lowest BCUT2D eigenvalue weighted by Crippen LogP contribution is -2.52. The van der Waals surface area contributed by atoms with Gasteiger partial charge in [0.25, 0.3) is 0 Å².